The van der Waals surface area contributed by atoms with E-state index >= 15 is 0 Å². The van der Waals surface area contributed by atoms with Gasteiger partial charge in [0, 0.05) is 69.2 Å². The van der Waals surface area contributed by atoms with Gasteiger partial charge >= 0.3 is 0 Å². The molecule has 2 aromatic heterocycles. The summed E-state index contributed by atoms with van der Waals surface area (Å²) in [5.74, 6) is -1.04. The largest absolute Gasteiger partial charge is 0.367 e. The first-order chi connectivity index (χ1) is 14.4. The molecule has 160 valence electrons. The standard InChI is InChI=1S/C22H27F2N5O/c1-27-13-22(14-27)3-2-16(10-22)28-4-6-29(7-5-28)19-8-15(23)11-26-21(19)17-9-20(30)25-12-18(17)24/h8-9,11-12,16H,2-7,10,13-14H2,1H3,(H,25,30). The SMILES string of the molecule is CN1CC2(CCC(N3CCN(c4cc(F)cnc4-c4cc(=O)[nH]cc4F)CC3)C2)C1. The minimum absolute atomic E-state index is 0.100. The van der Waals surface area contributed by atoms with Crippen molar-refractivity contribution < 1.29 is 8.78 Å². The van der Waals surface area contributed by atoms with Gasteiger partial charge in [0.1, 0.15) is 11.6 Å². The summed E-state index contributed by atoms with van der Waals surface area (Å²) in [7, 11) is 2.19. The predicted molar refractivity (Wildman–Crippen MR) is 112 cm³/mol. The van der Waals surface area contributed by atoms with Crippen molar-refractivity contribution in [3.05, 3.63) is 46.5 Å². The molecule has 2 aromatic rings. The van der Waals surface area contributed by atoms with Gasteiger partial charge in [0.25, 0.3) is 0 Å². The second-order valence-electron chi connectivity index (χ2n) is 9.17. The van der Waals surface area contributed by atoms with Crippen LogP contribution in [0, 0.1) is 17.0 Å². The lowest BCUT2D eigenvalue weighted by molar-refractivity contribution is 0.0204. The van der Waals surface area contributed by atoms with Crippen LogP contribution in [0.4, 0.5) is 14.5 Å². The Morgan fingerprint density at radius 3 is 2.67 bits per heavy atom. The minimum atomic E-state index is -0.574. The average molecular weight is 415 g/mol. The van der Waals surface area contributed by atoms with E-state index in [0.29, 0.717) is 22.8 Å². The third-order valence-electron chi connectivity index (χ3n) is 7.02. The Bertz CT molecular complexity index is 995. The number of nitrogens with one attached hydrogen (secondary N) is 1. The van der Waals surface area contributed by atoms with E-state index in [1.807, 2.05) is 0 Å². The zero-order valence-electron chi connectivity index (χ0n) is 17.2. The van der Waals surface area contributed by atoms with Crippen LogP contribution in [0.2, 0.25) is 0 Å². The molecular formula is C22H27F2N5O. The highest BCUT2D eigenvalue weighted by atomic mass is 19.1. The van der Waals surface area contributed by atoms with Crippen LogP contribution < -0.4 is 10.5 Å². The molecule has 1 saturated carbocycles. The third kappa shape index (κ3) is 3.52. The number of hydrogen-bond donors (Lipinski definition) is 1. The molecule has 0 aromatic carbocycles. The number of likely N-dealkylation sites (tertiary alicyclic amines) is 1. The van der Waals surface area contributed by atoms with E-state index in [1.54, 1.807) is 0 Å². The number of nitrogens with zero attached hydrogens (tertiary/aromatic N) is 4. The fourth-order valence-corrected chi connectivity index (χ4v) is 5.72. The monoisotopic (exact) mass is 415 g/mol. The van der Waals surface area contributed by atoms with Crippen molar-refractivity contribution in [2.45, 2.75) is 25.3 Å². The van der Waals surface area contributed by atoms with Crippen LogP contribution in [0.3, 0.4) is 0 Å². The summed E-state index contributed by atoms with van der Waals surface area (Å²) >= 11 is 0. The second kappa shape index (κ2) is 7.42. The smallest absolute Gasteiger partial charge is 0.248 e. The quantitative estimate of drug-likeness (QED) is 0.834. The number of hydrogen-bond acceptors (Lipinski definition) is 5. The molecule has 0 radical (unpaired) electrons. The number of piperazine rings is 1. The summed E-state index contributed by atoms with van der Waals surface area (Å²) in [6.07, 6.45) is 5.92. The van der Waals surface area contributed by atoms with Crippen LogP contribution in [-0.4, -0.2) is 72.1 Å². The molecule has 2 aliphatic heterocycles. The van der Waals surface area contributed by atoms with E-state index in [9.17, 15) is 13.6 Å². The van der Waals surface area contributed by atoms with Crippen LogP contribution in [0.1, 0.15) is 19.3 Å². The summed E-state index contributed by atoms with van der Waals surface area (Å²) in [5.41, 5.74) is 1.07. The van der Waals surface area contributed by atoms with Gasteiger partial charge in [-0.1, -0.05) is 0 Å². The first-order valence-electron chi connectivity index (χ1n) is 10.6. The Balaban J connectivity index is 1.32. The molecular weight excluding hydrogens is 388 g/mol. The normalized spacial score (nSPS) is 24.4. The summed E-state index contributed by atoms with van der Waals surface area (Å²) in [6.45, 7) is 5.67. The Hall–Kier alpha value is -2.32. The molecule has 1 atom stereocenters. The summed E-state index contributed by atoms with van der Waals surface area (Å²) in [4.78, 5) is 25.2. The Kier molecular flexibility index (Phi) is 4.86. The zero-order chi connectivity index (χ0) is 20.9. The molecule has 6 nitrogen and oxygen atoms in total. The molecule has 5 rings (SSSR count). The fraction of sp³-hybridized carbons (Fsp3) is 0.545. The highest BCUT2D eigenvalue weighted by Crippen LogP contribution is 2.46. The van der Waals surface area contributed by atoms with Gasteiger partial charge < -0.3 is 14.8 Å². The number of H-pyrrole nitrogens is 1. The number of aromatic nitrogens is 2. The van der Waals surface area contributed by atoms with Crippen LogP contribution >= 0.6 is 0 Å². The predicted octanol–water partition coefficient (Wildman–Crippen LogP) is 2.32. The Morgan fingerprint density at radius 1 is 1.17 bits per heavy atom. The maximum absolute atomic E-state index is 14.4. The van der Waals surface area contributed by atoms with Crippen molar-refractivity contribution in [3.63, 3.8) is 0 Å². The van der Waals surface area contributed by atoms with E-state index in [2.05, 4.69) is 31.7 Å². The van der Waals surface area contributed by atoms with Gasteiger partial charge in [0.15, 0.2) is 0 Å². The molecule has 3 fully saturated rings. The minimum Gasteiger partial charge on any atom is -0.367 e. The molecule has 2 saturated heterocycles. The molecule has 3 aliphatic rings. The average Bonchev–Trinajstić information content (AvgIpc) is 3.15. The maximum Gasteiger partial charge on any atom is 0.248 e. The van der Waals surface area contributed by atoms with Gasteiger partial charge in [0.05, 0.1) is 17.6 Å². The van der Waals surface area contributed by atoms with Gasteiger partial charge in [-0.15, -0.1) is 0 Å². The van der Waals surface area contributed by atoms with Crippen molar-refractivity contribution in [3.8, 4) is 11.3 Å². The first-order valence-corrected chi connectivity index (χ1v) is 10.6. The Morgan fingerprint density at radius 2 is 1.93 bits per heavy atom. The van der Waals surface area contributed by atoms with Crippen molar-refractivity contribution in [1.82, 2.24) is 19.8 Å². The van der Waals surface area contributed by atoms with Gasteiger partial charge in [-0.2, -0.15) is 0 Å². The van der Waals surface area contributed by atoms with E-state index in [0.717, 1.165) is 38.6 Å². The summed E-state index contributed by atoms with van der Waals surface area (Å²) < 4.78 is 28.4. The number of anilines is 1. The van der Waals surface area contributed by atoms with Gasteiger partial charge in [-0.05, 0) is 31.7 Å². The second-order valence-corrected chi connectivity index (χ2v) is 9.17. The molecule has 4 heterocycles. The lowest BCUT2D eigenvalue weighted by Crippen LogP contribution is -2.54. The van der Waals surface area contributed by atoms with E-state index in [4.69, 9.17) is 0 Å². The summed E-state index contributed by atoms with van der Waals surface area (Å²) in [5, 5.41) is 0. The molecule has 1 N–H and O–H groups in total. The van der Waals surface area contributed by atoms with Crippen LogP contribution in [0.15, 0.2) is 29.3 Å². The highest BCUT2D eigenvalue weighted by Gasteiger charge is 2.48. The van der Waals surface area contributed by atoms with Gasteiger partial charge in [-0.25, -0.2) is 8.78 Å². The molecule has 0 bridgehead atoms. The van der Waals surface area contributed by atoms with Crippen molar-refractivity contribution in [1.29, 1.82) is 0 Å². The molecule has 1 aliphatic carbocycles. The lowest BCUT2D eigenvalue weighted by Gasteiger charge is -2.47. The van der Waals surface area contributed by atoms with Crippen molar-refractivity contribution >= 4 is 5.69 Å². The topological polar surface area (TPSA) is 55.5 Å². The molecule has 1 spiro atoms. The number of pyridine rings is 2. The number of halogens is 2. The molecule has 30 heavy (non-hydrogen) atoms. The van der Waals surface area contributed by atoms with Crippen LogP contribution in [0.5, 0.6) is 0 Å². The first kappa shape index (κ1) is 19.6. The molecule has 1 unspecified atom stereocenters. The number of rotatable bonds is 3. The van der Waals surface area contributed by atoms with Crippen molar-refractivity contribution in [2.24, 2.45) is 5.41 Å². The van der Waals surface area contributed by atoms with Crippen molar-refractivity contribution in [2.75, 3.05) is 51.2 Å². The molecule has 0 amide bonds. The maximum atomic E-state index is 14.4. The summed E-state index contributed by atoms with van der Waals surface area (Å²) in [6, 6.07) is 3.20. The zero-order valence-corrected chi connectivity index (χ0v) is 17.2. The van der Waals surface area contributed by atoms with E-state index in [-0.39, 0.29) is 5.56 Å². The Labute approximate surface area is 174 Å². The molecule has 8 heteroatoms. The van der Waals surface area contributed by atoms with Crippen LogP contribution in [0.25, 0.3) is 11.3 Å². The fourth-order valence-electron chi connectivity index (χ4n) is 5.72. The van der Waals surface area contributed by atoms with Gasteiger partial charge in [-0.3, -0.25) is 14.7 Å². The van der Waals surface area contributed by atoms with E-state index < -0.39 is 17.2 Å². The number of aromatic amines is 1. The van der Waals surface area contributed by atoms with Crippen LogP contribution in [-0.2, 0) is 0 Å². The third-order valence-corrected chi connectivity index (χ3v) is 7.02. The van der Waals surface area contributed by atoms with Gasteiger partial charge in [0.2, 0.25) is 5.56 Å². The lowest BCUT2D eigenvalue weighted by atomic mass is 9.78. The highest BCUT2D eigenvalue weighted by molar-refractivity contribution is 5.75. The van der Waals surface area contributed by atoms with E-state index in [1.165, 1.54) is 44.5 Å².